The SMILES string of the molecule is CCOC(=O)c1c(NC(=O)c2nn(C)c(C)c2Br)sc(C(N)=O)c1C. The highest BCUT2D eigenvalue weighted by molar-refractivity contribution is 9.10. The molecule has 2 heterocycles. The van der Waals surface area contributed by atoms with E-state index in [1.807, 2.05) is 0 Å². The van der Waals surface area contributed by atoms with E-state index in [1.54, 1.807) is 32.5 Å². The molecule has 0 aliphatic heterocycles. The summed E-state index contributed by atoms with van der Waals surface area (Å²) in [4.78, 5) is 36.5. The lowest BCUT2D eigenvalue weighted by Crippen LogP contribution is -2.16. The Morgan fingerprint density at radius 1 is 1.36 bits per heavy atom. The van der Waals surface area contributed by atoms with Gasteiger partial charge in [-0.1, -0.05) is 0 Å². The van der Waals surface area contributed by atoms with E-state index in [-0.39, 0.29) is 27.7 Å². The van der Waals surface area contributed by atoms with Gasteiger partial charge in [0.15, 0.2) is 5.69 Å². The molecular formula is C15H17BrN4O4S. The topological polar surface area (TPSA) is 116 Å². The zero-order chi connectivity index (χ0) is 18.9. The quantitative estimate of drug-likeness (QED) is 0.708. The number of nitrogens with zero attached hydrogens (tertiary/aromatic N) is 2. The van der Waals surface area contributed by atoms with Crippen LogP contribution in [-0.4, -0.2) is 34.2 Å². The molecule has 0 radical (unpaired) electrons. The van der Waals surface area contributed by atoms with E-state index in [2.05, 4.69) is 26.3 Å². The lowest BCUT2D eigenvalue weighted by Gasteiger charge is -2.06. The van der Waals surface area contributed by atoms with Crippen LogP contribution in [0.2, 0.25) is 0 Å². The number of hydrogen-bond donors (Lipinski definition) is 2. The molecule has 134 valence electrons. The van der Waals surface area contributed by atoms with Crippen molar-refractivity contribution >= 4 is 50.1 Å². The maximum absolute atomic E-state index is 12.5. The average molecular weight is 429 g/mol. The average Bonchev–Trinajstić information content (AvgIpc) is 2.99. The summed E-state index contributed by atoms with van der Waals surface area (Å²) < 4.78 is 7.12. The molecule has 10 heteroatoms. The maximum Gasteiger partial charge on any atom is 0.341 e. The number of carbonyl (C=O) groups is 3. The molecule has 0 bridgehead atoms. The first kappa shape index (κ1) is 19.1. The molecule has 0 aromatic carbocycles. The Bertz CT molecular complexity index is 871. The summed E-state index contributed by atoms with van der Waals surface area (Å²) in [5, 5.41) is 6.96. The minimum absolute atomic E-state index is 0.123. The van der Waals surface area contributed by atoms with Gasteiger partial charge in [0.2, 0.25) is 0 Å². The van der Waals surface area contributed by atoms with Crippen molar-refractivity contribution in [2.75, 3.05) is 11.9 Å². The van der Waals surface area contributed by atoms with Crippen molar-refractivity contribution < 1.29 is 19.1 Å². The molecule has 2 amide bonds. The number of nitrogens with two attached hydrogens (primary N) is 1. The Balaban J connectivity index is 2.45. The monoisotopic (exact) mass is 428 g/mol. The van der Waals surface area contributed by atoms with Crippen molar-refractivity contribution in [1.29, 1.82) is 0 Å². The molecule has 8 nitrogen and oxygen atoms in total. The predicted molar refractivity (Wildman–Crippen MR) is 97.1 cm³/mol. The summed E-state index contributed by atoms with van der Waals surface area (Å²) in [5.74, 6) is -1.82. The van der Waals surface area contributed by atoms with E-state index >= 15 is 0 Å². The number of halogens is 1. The number of nitrogens with one attached hydrogen (secondary N) is 1. The fourth-order valence-corrected chi connectivity index (χ4v) is 3.73. The number of carbonyl (C=O) groups excluding carboxylic acids is 3. The summed E-state index contributed by atoms with van der Waals surface area (Å²) >= 11 is 4.25. The first-order valence-corrected chi connectivity index (χ1v) is 8.90. The van der Waals surface area contributed by atoms with Crippen molar-refractivity contribution in [3.05, 3.63) is 31.9 Å². The highest BCUT2D eigenvalue weighted by atomic mass is 79.9. The van der Waals surface area contributed by atoms with Gasteiger partial charge in [-0.2, -0.15) is 5.10 Å². The van der Waals surface area contributed by atoms with Crippen LogP contribution in [0.5, 0.6) is 0 Å². The molecule has 0 spiro atoms. The van der Waals surface area contributed by atoms with Crippen molar-refractivity contribution in [2.45, 2.75) is 20.8 Å². The highest BCUT2D eigenvalue weighted by Crippen LogP contribution is 2.34. The largest absolute Gasteiger partial charge is 0.462 e. The zero-order valence-electron chi connectivity index (χ0n) is 14.1. The second kappa shape index (κ2) is 7.36. The van der Waals surface area contributed by atoms with Crippen molar-refractivity contribution in [3.63, 3.8) is 0 Å². The normalized spacial score (nSPS) is 10.6. The van der Waals surface area contributed by atoms with Gasteiger partial charge in [0.25, 0.3) is 11.8 Å². The Kier molecular flexibility index (Phi) is 5.63. The predicted octanol–water partition coefficient (Wildman–Crippen LogP) is 2.39. The number of ether oxygens (including phenoxy) is 1. The van der Waals surface area contributed by atoms with Crippen LogP contribution in [0.25, 0.3) is 0 Å². The summed E-state index contributed by atoms with van der Waals surface area (Å²) in [6.45, 7) is 5.22. The van der Waals surface area contributed by atoms with Crippen LogP contribution in [0.4, 0.5) is 5.00 Å². The van der Waals surface area contributed by atoms with Crippen LogP contribution in [0.3, 0.4) is 0 Å². The molecular weight excluding hydrogens is 412 g/mol. The smallest absolute Gasteiger partial charge is 0.341 e. The molecule has 2 rings (SSSR count). The minimum Gasteiger partial charge on any atom is -0.462 e. The highest BCUT2D eigenvalue weighted by Gasteiger charge is 2.27. The third kappa shape index (κ3) is 3.59. The Hall–Kier alpha value is -2.20. The van der Waals surface area contributed by atoms with Crippen LogP contribution < -0.4 is 11.1 Å². The second-order valence-corrected chi connectivity index (χ2v) is 6.98. The number of thiophene rings is 1. The molecule has 0 unspecified atom stereocenters. The number of hydrogen-bond acceptors (Lipinski definition) is 6. The number of aromatic nitrogens is 2. The molecule has 2 aromatic rings. The third-order valence-corrected chi connectivity index (χ3v) is 5.72. The lowest BCUT2D eigenvalue weighted by atomic mass is 10.1. The van der Waals surface area contributed by atoms with Crippen LogP contribution >= 0.6 is 27.3 Å². The Morgan fingerprint density at radius 2 is 2.00 bits per heavy atom. The number of amides is 2. The number of primary amides is 1. The van der Waals surface area contributed by atoms with Crippen molar-refractivity contribution in [2.24, 2.45) is 12.8 Å². The van der Waals surface area contributed by atoms with E-state index in [0.29, 0.717) is 10.0 Å². The van der Waals surface area contributed by atoms with Crippen LogP contribution in [0, 0.1) is 13.8 Å². The van der Waals surface area contributed by atoms with Crippen LogP contribution in [0.1, 0.15) is 48.7 Å². The van der Waals surface area contributed by atoms with Gasteiger partial charge in [-0.05, 0) is 42.3 Å². The van der Waals surface area contributed by atoms with Crippen molar-refractivity contribution in [3.8, 4) is 0 Å². The molecule has 0 fully saturated rings. The number of aryl methyl sites for hydroxylation is 1. The van der Waals surface area contributed by atoms with Gasteiger partial charge in [0.1, 0.15) is 5.00 Å². The van der Waals surface area contributed by atoms with Gasteiger partial charge >= 0.3 is 5.97 Å². The van der Waals surface area contributed by atoms with E-state index in [4.69, 9.17) is 10.5 Å². The Morgan fingerprint density at radius 3 is 2.48 bits per heavy atom. The van der Waals surface area contributed by atoms with E-state index in [0.717, 1.165) is 17.0 Å². The van der Waals surface area contributed by atoms with E-state index < -0.39 is 17.8 Å². The summed E-state index contributed by atoms with van der Waals surface area (Å²) in [6, 6.07) is 0. The van der Waals surface area contributed by atoms with Gasteiger partial charge in [0.05, 0.1) is 27.2 Å². The van der Waals surface area contributed by atoms with Crippen molar-refractivity contribution in [1.82, 2.24) is 9.78 Å². The maximum atomic E-state index is 12.5. The molecule has 0 atom stereocenters. The van der Waals surface area contributed by atoms with Crippen LogP contribution in [-0.2, 0) is 11.8 Å². The van der Waals surface area contributed by atoms with Gasteiger partial charge in [-0.3, -0.25) is 14.3 Å². The third-order valence-electron chi connectivity index (χ3n) is 3.55. The van der Waals surface area contributed by atoms with Gasteiger partial charge < -0.3 is 15.8 Å². The molecule has 2 aromatic heterocycles. The molecule has 0 aliphatic carbocycles. The van der Waals surface area contributed by atoms with Gasteiger partial charge in [-0.25, -0.2) is 4.79 Å². The van der Waals surface area contributed by atoms with Gasteiger partial charge in [0, 0.05) is 7.05 Å². The molecule has 0 saturated heterocycles. The fraction of sp³-hybridized carbons (Fsp3) is 0.333. The summed E-state index contributed by atoms with van der Waals surface area (Å²) in [7, 11) is 1.71. The minimum atomic E-state index is -0.677. The van der Waals surface area contributed by atoms with E-state index in [1.165, 1.54) is 0 Å². The number of anilines is 1. The van der Waals surface area contributed by atoms with Crippen LogP contribution in [0.15, 0.2) is 4.47 Å². The second-order valence-electron chi connectivity index (χ2n) is 5.17. The summed E-state index contributed by atoms with van der Waals surface area (Å²) in [5.41, 5.74) is 6.79. The Labute approximate surface area is 156 Å². The fourth-order valence-electron chi connectivity index (χ4n) is 2.18. The summed E-state index contributed by atoms with van der Waals surface area (Å²) in [6.07, 6.45) is 0. The lowest BCUT2D eigenvalue weighted by molar-refractivity contribution is 0.0527. The number of esters is 1. The molecule has 25 heavy (non-hydrogen) atoms. The standard InChI is InChI=1S/C15H17BrN4O4S/c1-5-24-15(23)8-6(2)11(12(17)21)25-14(8)18-13(22)10-9(16)7(3)20(4)19-10/h5H2,1-4H3,(H2,17,21)(H,18,22). The number of rotatable bonds is 5. The first-order chi connectivity index (χ1) is 11.7. The van der Waals surface area contributed by atoms with E-state index in [9.17, 15) is 14.4 Å². The molecule has 3 N–H and O–H groups in total. The van der Waals surface area contributed by atoms with Gasteiger partial charge in [-0.15, -0.1) is 11.3 Å². The zero-order valence-corrected chi connectivity index (χ0v) is 16.5. The molecule has 0 aliphatic rings. The first-order valence-electron chi connectivity index (χ1n) is 7.29. The molecule has 0 saturated carbocycles.